The fraction of sp³-hybridized carbons (Fsp3) is 0. The largest absolute Gasteiger partial charge is 0.366 e. The van der Waals surface area contributed by atoms with Crippen LogP contribution < -0.4 is 5.73 Å². The second-order valence-corrected chi connectivity index (χ2v) is 9.91. The zero-order chi connectivity index (χ0) is 28.0. The van der Waals surface area contributed by atoms with Gasteiger partial charge in [0.25, 0.3) is 0 Å². The van der Waals surface area contributed by atoms with Crippen molar-refractivity contribution in [3.05, 3.63) is 192 Å². The third kappa shape index (κ3) is 5.50. The Labute approximate surface area is 241 Å². The molecule has 196 valence electrons. The molecule has 0 bridgehead atoms. The highest BCUT2D eigenvalue weighted by Crippen LogP contribution is 2.37. The Morgan fingerprint density at radius 3 is 1.15 bits per heavy atom. The highest BCUT2D eigenvalue weighted by Gasteiger charge is 2.16. The molecule has 0 saturated carbocycles. The topological polar surface area (TPSA) is 43.1 Å². The molecule has 2 N–H and O–H groups in total. The standard InChI is InChI=1S/C39H29NO/c40-39(41)36-19-11-10-18-35(36)30-24-20-28(21-25-30)29-22-26-34(27-23-29)38(33-16-8-3-9-17-33)37(31-12-4-1-5-13-31)32-14-6-2-7-15-32/h1-27H,(H2,40,41). The highest BCUT2D eigenvalue weighted by atomic mass is 16.1. The fourth-order valence-electron chi connectivity index (χ4n) is 5.35. The first-order valence-electron chi connectivity index (χ1n) is 13.7. The zero-order valence-electron chi connectivity index (χ0n) is 22.6. The van der Waals surface area contributed by atoms with E-state index in [4.69, 9.17) is 5.73 Å². The molecule has 0 spiro atoms. The van der Waals surface area contributed by atoms with Crippen LogP contribution in [0.1, 0.15) is 32.6 Å². The lowest BCUT2D eigenvalue weighted by atomic mass is 9.85. The van der Waals surface area contributed by atoms with E-state index < -0.39 is 5.91 Å². The minimum absolute atomic E-state index is 0.423. The molecule has 0 heterocycles. The van der Waals surface area contributed by atoms with Gasteiger partial charge >= 0.3 is 0 Å². The quantitative estimate of drug-likeness (QED) is 0.207. The molecule has 0 atom stereocenters. The van der Waals surface area contributed by atoms with Crippen LogP contribution in [0.4, 0.5) is 0 Å². The van der Waals surface area contributed by atoms with E-state index in [0.717, 1.165) is 27.8 Å². The van der Waals surface area contributed by atoms with Crippen LogP contribution in [0.15, 0.2) is 164 Å². The van der Waals surface area contributed by atoms with E-state index in [1.165, 1.54) is 27.8 Å². The number of hydrogen-bond donors (Lipinski definition) is 1. The van der Waals surface area contributed by atoms with Crippen molar-refractivity contribution in [2.24, 2.45) is 5.73 Å². The number of carbonyl (C=O) groups excluding carboxylic acids is 1. The summed E-state index contributed by atoms with van der Waals surface area (Å²) in [5.41, 5.74) is 17.2. The van der Waals surface area contributed by atoms with Crippen molar-refractivity contribution in [2.75, 3.05) is 0 Å². The predicted octanol–water partition coefficient (Wildman–Crippen LogP) is 9.13. The fourth-order valence-corrected chi connectivity index (χ4v) is 5.35. The van der Waals surface area contributed by atoms with Gasteiger partial charge in [-0.05, 0) is 61.7 Å². The van der Waals surface area contributed by atoms with Crippen LogP contribution in [-0.4, -0.2) is 5.91 Å². The summed E-state index contributed by atoms with van der Waals surface area (Å²) in [5, 5.41) is 0. The number of amides is 1. The van der Waals surface area contributed by atoms with E-state index in [2.05, 4.69) is 127 Å². The molecule has 0 radical (unpaired) electrons. The summed E-state index contributed by atoms with van der Waals surface area (Å²) in [5.74, 6) is -0.423. The molecular formula is C39H29NO. The number of carbonyl (C=O) groups is 1. The van der Waals surface area contributed by atoms with Crippen LogP contribution in [0.2, 0.25) is 0 Å². The molecule has 6 aromatic carbocycles. The van der Waals surface area contributed by atoms with Gasteiger partial charge in [-0.25, -0.2) is 0 Å². The van der Waals surface area contributed by atoms with Crippen LogP contribution in [0.5, 0.6) is 0 Å². The first-order chi connectivity index (χ1) is 20.2. The van der Waals surface area contributed by atoms with Crippen LogP contribution in [0.3, 0.4) is 0 Å². The van der Waals surface area contributed by atoms with Crippen molar-refractivity contribution < 1.29 is 4.79 Å². The molecule has 41 heavy (non-hydrogen) atoms. The van der Waals surface area contributed by atoms with Gasteiger partial charge in [-0.15, -0.1) is 0 Å². The van der Waals surface area contributed by atoms with Gasteiger partial charge in [0.15, 0.2) is 0 Å². The number of benzene rings is 6. The second-order valence-electron chi connectivity index (χ2n) is 9.91. The van der Waals surface area contributed by atoms with E-state index >= 15 is 0 Å². The molecule has 2 heteroatoms. The number of rotatable bonds is 7. The molecule has 0 aliphatic heterocycles. The molecule has 1 amide bonds. The summed E-state index contributed by atoms with van der Waals surface area (Å²) in [6.07, 6.45) is 0. The first-order valence-corrected chi connectivity index (χ1v) is 13.7. The van der Waals surface area contributed by atoms with Crippen molar-refractivity contribution >= 4 is 17.1 Å². The maximum Gasteiger partial charge on any atom is 0.249 e. The Kier molecular flexibility index (Phi) is 7.38. The summed E-state index contributed by atoms with van der Waals surface area (Å²) in [6.45, 7) is 0. The molecule has 0 aromatic heterocycles. The van der Waals surface area contributed by atoms with Gasteiger partial charge in [0, 0.05) is 5.56 Å². The maximum absolute atomic E-state index is 11.9. The summed E-state index contributed by atoms with van der Waals surface area (Å²) >= 11 is 0. The minimum Gasteiger partial charge on any atom is -0.366 e. The highest BCUT2D eigenvalue weighted by molar-refractivity contribution is 6.04. The number of hydrogen-bond acceptors (Lipinski definition) is 1. The maximum atomic E-state index is 11.9. The minimum atomic E-state index is -0.423. The monoisotopic (exact) mass is 527 g/mol. The molecular weight excluding hydrogens is 498 g/mol. The van der Waals surface area contributed by atoms with Crippen molar-refractivity contribution in [2.45, 2.75) is 0 Å². The molecule has 0 aliphatic rings. The predicted molar refractivity (Wildman–Crippen MR) is 170 cm³/mol. The summed E-state index contributed by atoms with van der Waals surface area (Å²) in [4.78, 5) is 11.9. The van der Waals surface area contributed by atoms with E-state index in [1.807, 2.05) is 30.3 Å². The van der Waals surface area contributed by atoms with Gasteiger partial charge in [-0.3, -0.25) is 4.79 Å². The van der Waals surface area contributed by atoms with Crippen molar-refractivity contribution in [3.63, 3.8) is 0 Å². The zero-order valence-corrected chi connectivity index (χ0v) is 22.6. The van der Waals surface area contributed by atoms with Gasteiger partial charge in [0.05, 0.1) is 0 Å². The van der Waals surface area contributed by atoms with Gasteiger partial charge in [-0.2, -0.15) is 0 Å². The van der Waals surface area contributed by atoms with Gasteiger partial charge < -0.3 is 5.73 Å². The summed E-state index contributed by atoms with van der Waals surface area (Å²) < 4.78 is 0. The average Bonchev–Trinajstić information content (AvgIpc) is 3.05. The number of nitrogens with two attached hydrogens (primary N) is 1. The van der Waals surface area contributed by atoms with Gasteiger partial charge in [-0.1, -0.05) is 158 Å². The molecule has 6 aromatic rings. The summed E-state index contributed by atoms with van der Waals surface area (Å²) in [6, 6.07) is 56.3. The molecule has 0 fully saturated rings. The Bertz CT molecular complexity index is 1760. The van der Waals surface area contributed by atoms with Crippen molar-refractivity contribution in [1.29, 1.82) is 0 Å². The number of primary amides is 1. The third-order valence-corrected chi connectivity index (χ3v) is 7.33. The lowest BCUT2D eigenvalue weighted by Gasteiger charge is -2.18. The summed E-state index contributed by atoms with van der Waals surface area (Å²) in [7, 11) is 0. The molecule has 6 rings (SSSR count). The lowest BCUT2D eigenvalue weighted by molar-refractivity contribution is 0.100. The smallest absolute Gasteiger partial charge is 0.249 e. The van der Waals surface area contributed by atoms with Crippen molar-refractivity contribution in [1.82, 2.24) is 0 Å². The second kappa shape index (κ2) is 11.7. The molecule has 0 unspecified atom stereocenters. The Hall–Kier alpha value is -5.47. The Morgan fingerprint density at radius 1 is 0.366 bits per heavy atom. The first kappa shape index (κ1) is 25.8. The lowest BCUT2D eigenvalue weighted by Crippen LogP contribution is -2.12. The van der Waals surface area contributed by atoms with Crippen molar-refractivity contribution in [3.8, 4) is 22.3 Å². The third-order valence-electron chi connectivity index (χ3n) is 7.33. The van der Waals surface area contributed by atoms with Crippen LogP contribution in [-0.2, 0) is 0 Å². The Morgan fingerprint density at radius 2 is 0.707 bits per heavy atom. The van der Waals surface area contributed by atoms with Gasteiger partial charge in [0.2, 0.25) is 5.91 Å². The Balaban J connectivity index is 1.43. The van der Waals surface area contributed by atoms with Crippen LogP contribution in [0, 0.1) is 0 Å². The molecule has 0 aliphatic carbocycles. The molecule has 2 nitrogen and oxygen atoms in total. The average molecular weight is 528 g/mol. The van der Waals surface area contributed by atoms with Gasteiger partial charge in [0.1, 0.15) is 0 Å². The van der Waals surface area contributed by atoms with Crippen LogP contribution in [0.25, 0.3) is 33.4 Å². The van der Waals surface area contributed by atoms with E-state index in [9.17, 15) is 4.79 Å². The van der Waals surface area contributed by atoms with E-state index in [-0.39, 0.29) is 0 Å². The van der Waals surface area contributed by atoms with Crippen LogP contribution >= 0.6 is 0 Å². The SMILES string of the molecule is NC(=O)c1ccccc1-c1ccc(-c2ccc(C(=C(c3ccccc3)c3ccccc3)c3ccccc3)cc2)cc1. The van der Waals surface area contributed by atoms with E-state index in [0.29, 0.717) is 5.56 Å². The molecule has 0 saturated heterocycles. The van der Waals surface area contributed by atoms with E-state index in [1.54, 1.807) is 6.07 Å². The normalized spacial score (nSPS) is 10.6.